The lowest BCUT2D eigenvalue weighted by molar-refractivity contribution is 0.102. The summed E-state index contributed by atoms with van der Waals surface area (Å²) in [5, 5.41) is 2.94. The summed E-state index contributed by atoms with van der Waals surface area (Å²) in [6.45, 7) is 0.475. The minimum atomic E-state index is -0.209. The van der Waals surface area contributed by atoms with Crippen molar-refractivity contribution in [1.82, 2.24) is 4.98 Å². The van der Waals surface area contributed by atoms with E-state index in [9.17, 15) is 4.79 Å². The molecule has 1 N–H and O–H groups in total. The molecular formula is C33H24N2O3. The van der Waals surface area contributed by atoms with Crippen LogP contribution in [0.25, 0.3) is 33.7 Å². The van der Waals surface area contributed by atoms with E-state index in [1.165, 1.54) is 0 Å². The molecule has 1 aromatic heterocycles. The number of oxazole rings is 1. The van der Waals surface area contributed by atoms with Gasteiger partial charge in [-0.05, 0) is 71.3 Å². The van der Waals surface area contributed by atoms with E-state index in [1.807, 2.05) is 78.9 Å². The Morgan fingerprint density at radius 1 is 0.711 bits per heavy atom. The molecule has 0 aliphatic heterocycles. The minimum absolute atomic E-state index is 0.209. The molecule has 5 heteroatoms. The fourth-order valence-electron chi connectivity index (χ4n) is 4.21. The van der Waals surface area contributed by atoms with Gasteiger partial charge in [-0.3, -0.25) is 4.79 Å². The Morgan fingerprint density at radius 2 is 1.37 bits per heavy atom. The van der Waals surface area contributed by atoms with Gasteiger partial charge in [0.25, 0.3) is 5.91 Å². The summed E-state index contributed by atoms with van der Waals surface area (Å²) in [5.41, 5.74) is 6.78. The molecule has 0 unspecified atom stereocenters. The molecule has 38 heavy (non-hydrogen) atoms. The predicted molar refractivity (Wildman–Crippen MR) is 150 cm³/mol. The quantitative estimate of drug-likeness (QED) is 0.243. The van der Waals surface area contributed by atoms with Crippen molar-refractivity contribution in [2.45, 2.75) is 6.61 Å². The first-order chi connectivity index (χ1) is 18.7. The molecule has 5 nitrogen and oxygen atoms in total. The van der Waals surface area contributed by atoms with Crippen LogP contribution in [0.5, 0.6) is 5.75 Å². The molecule has 0 bridgehead atoms. The Bertz CT molecular complexity index is 1670. The van der Waals surface area contributed by atoms with Crippen molar-refractivity contribution in [1.29, 1.82) is 0 Å². The van der Waals surface area contributed by atoms with Crippen molar-refractivity contribution in [2.75, 3.05) is 5.32 Å². The van der Waals surface area contributed by atoms with Crippen LogP contribution in [0.15, 0.2) is 132 Å². The standard InChI is InChI=1S/C33H24N2O3/c36-32(26-15-18-29(19-16-26)37-22-23-7-3-1-4-8-23)34-28-17-20-31-30(21-28)35-33(38-31)27-13-11-25(12-14-27)24-9-5-2-6-10-24/h1-21H,22H2,(H,34,36). The summed E-state index contributed by atoms with van der Waals surface area (Å²) in [6, 6.07) is 40.8. The first kappa shape index (κ1) is 23.3. The smallest absolute Gasteiger partial charge is 0.255 e. The molecule has 0 saturated carbocycles. The van der Waals surface area contributed by atoms with Gasteiger partial charge in [0.2, 0.25) is 5.89 Å². The minimum Gasteiger partial charge on any atom is -0.489 e. The molecule has 0 fully saturated rings. The number of aromatic nitrogens is 1. The summed E-state index contributed by atoms with van der Waals surface area (Å²) in [5.74, 6) is 1.03. The van der Waals surface area contributed by atoms with Gasteiger partial charge in [0.1, 0.15) is 17.9 Å². The molecule has 6 rings (SSSR count). The Labute approximate surface area is 220 Å². The van der Waals surface area contributed by atoms with E-state index in [4.69, 9.17) is 9.15 Å². The molecule has 0 radical (unpaired) electrons. The lowest BCUT2D eigenvalue weighted by atomic mass is 10.0. The van der Waals surface area contributed by atoms with E-state index in [-0.39, 0.29) is 5.91 Å². The molecule has 0 aliphatic carbocycles. The van der Waals surface area contributed by atoms with Crippen molar-refractivity contribution in [3.05, 3.63) is 139 Å². The Kier molecular flexibility index (Phi) is 6.39. The van der Waals surface area contributed by atoms with E-state index in [0.717, 1.165) is 22.3 Å². The fourth-order valence-corrected chi connectivity index (χ4v) is 4.21. The zero-order chi connectivity index (χ0) is 25.7. The molecule has 184 valence electrons. The number of fused-ring (bicyclic) bond motifs is 1. The number of benzene rings is 5. The van der Waals surface area contributed by atoms with Gasteiger partial charge in [-0.25, -0.2) is 4.98 Å². The average Bonchev–Trinajstić information content (AvgIpc) is 3.41. The van der Waals surface area contributed by atoms with Crippen LogP contribution in [0, 0.1) is 0 Å². The van der Waals surface area contributed by atoms with E-state index >= 15 is 0 Å². The van der Waals surface area contributed by atoms with E-state index in [1.54, 1.807) is 24.3 Å². The zero-order valence-corrected chi connectivity index (χ0v) is 20.5. The maximum absolute atomic E-state index is 12.8. The van der Waals surface area contributed by atoms with Crippen LogP contribution in [-0.2, 0) is 6.61 Å². The largest absolute Gasteiger partial charge is 0.489 e. The average molecular weight is 497 g/mol. The second kappa shape index (κ2) is 10.4. The van der Waals surface area contributed by atoms with Crippen LogP contribution < -0.4 is 10.1 Å². The lowest BCUT2D eigenvalue weighted by Crippen LogP contribution is -2.11. The third kappa shape index (κ3) is 5.18. The van der Waals surface area contributed by atoms with Crippen LogP contribution in [0.4, 0.5) is 5.69 Å². The molecule has 6 aromatic rings. The SMILES string of the molecule is O=C(Nc1ccc2oc(-c3ccc(-c4ccccc4)cc3)nc2c1)c1ccc(OCc2ccccc2)cc1. The van der Waals surface area contributed by atoms with Crippen LogP contribution in [0.2, 0.25) is 0 Å². The number of nitrogens with one attached hydrogen (secondary N) is 1. The van der Waals surface area contributed by atoms with Crippen molar-refractivity contribution in [2.24, 2.45) is 0 Å². The van der Waals surface area contributed by atoms with Gasteiger partial charge < -0.3 is 14.5 Å². The molecule has 5 aromatic carbocycles. The van der Waals surface area contributed by atoms with Gasteiger partial charge in [0, 0.05) is 16.8 Å². The van der Waals surface area contributed by atoms with Crippen molar-refractivity contribution < 1.29 is 13.9 Å². The summed E-state index contributed by atoms with van der Waals surface area (Å²) in [6.07, 6.45) is 0. The van der Waals surface area contributed by atoms with Crippen molar-refractivity contribution in [3.63, 3.8) is 0 Å². The van der Waals surface area contributed by atoms with Gasteiger partial charge in [0.15, 0.2) is 5.58 Å². The van der Waals surface area contributed by atoms with Gasteiger partial charge >= 0.3 is 0 Å². The monoisotopic (exact) mass is 496 g/mol. The van der Waals surface area contributed by atoms with E-state index < -0.39 is 0 Å². The van der Waals surface area contributed by atoms with Crippen LogP contribution in [0.1, 0.15) is 15.9 Å². The molecule has 1 heterocycles. The van der Waals surface area contributed by atoms with Gasteiger partial charge in [-0.2, -0.15) is 0 Å². The topological polar surface area (TPSA) is 64.4 Å². The maximum Gasteiger partial charge on any atom is 0.255 e. The summed E-state index contributed by atoms with van der Waals surface area (Å²) >= 11 is 0. The number of hydrogen-bond acceptors (Lipinski definition) is 4. The number of carbonyl (C=O) groups is 1. The molecule has 0 spiro atoms. The van der Waals surface area contributed by atoms with Crippen molar-refractivity contribution >= 4 is 22.7 Å². The van der Waals surface area contributed by atoms with Crippen LogP contribution in [0.3, 0.4) is 0 Å². The highest BCUT2D eigenvalue weighted by Crippen LogP contribution is 2.28. The molecule has 0 saturated heterocycles. The van der Waals surface area contributed by atoms with Gasteiger partial charge in [-0.1, -0.05) is 72.8 Å². The third-order valence-corrected chi connectivity index (χ3v) is 6.25. The third-order valence-electron chi connectivity index (χ3n) is 6.25. The Balaban J connectivity index is 1.12. The fraction of sp³-hybridized carbons (Fsp3) is 0.0303. The second-order valence-electron chi connectivity index (χ2n) is 8.90. The zero-order valence-electron chi connectivity index (χ0n) is 20.5. The van der Waals surface area contributed by atoms with Crippen molar-refractivity contribution in [3.8, 4) is 28.3 Å². The highest BCUT2D eigenvalue weighted by molar-refractivity contribution is 6.05. The van der Waals surface area contributed by atoms with E-state index in [0.29, 0.717) is 40.6 Å². The number of carbonyl (C=O) groups excluding carboxylic acids is 1. The van der Waals surface area contributed by atoms with Crippen LogP contribution in [-0.4, -0.2) is 10.9 Å². The molecule has 0 atom stereocenters. The summed E-state index contributed by atoms with van der Waals surface area (Å²) < 4.78 is 11.8. The van der Waals surface area contributed by atoms with E-state index in [2.05, 4.69) is 34.6 Å². The Hall–Kier alpha value is -5.16. The number of amides is 1. The predicted octanol–water partition coefficient (Wildman–Crippen LogP) is 7.99. The number of rotatable bonds is 7. The molecule has 0 aliphatic rings. The summed E-state index contributed by atoms with van der Waals surface area (Å²) in [4.78, 5) is 17.5. The second-order valence-corrected chi connectivity index (χ2v) is 8.90. The summed E-state index contributed by atoms with van der Waals surface area (Å²) in [7, 11) is 0. The Morgan fingerprint density at radius 3 is 2.11 bits per heavy atom. The first-order valence-electron chi connectivity index (χ1n) is 12.4. The number of nitrogens with zero attached hydrogens (tertiary/aromatic N) is 1. The first-order valence-corrected chi connectivity index (χ1v) is 12.4. The van der Waals surface area contributed by atoms with Crippen LogP contribution >= 0.6 is 0 Å². The number of hydrogen-bond donors (Lipinski definition) is 1. The van der Waals surface area contributed by atoms with Gasteiger partial charge in [0.05, 0.1) is 0 Å². The number of ether oxygens (including phenoxy) is 1. The highest BCUT2D eigenvalue weighted by atomic mass is 16.5. The van der Waals surface area contributed by atoms with Gasteiger partial charge in [-0.15, -0.1) is 0 Å². The normalized spacial score (nSPS) is 10.8. The number of anilines is 1. The molecular weight excluding hydrogens is 472 g/mol. The maximum atomic E-state index is 12.8. The highest BCUT2D eigenvalue weighted by Gasteiger charge is 2.12. The molecule has 1 amide bonds. The lowest BCUT2D eigenvalue weighted by Gasteiger charge is -2.08.